The van der Waals surface area contributed by atoms with E-state index in [9.17, 15) is 35.5 Å². The van der Waals surface area contributed by atoms with Gasteiger partial charge in [0.15, 0.2) is 0 Å². The lowest BCUT2D eigenvalue weighted by molar-refractivity contribution is -0.143. The molecule has 0 N–H and O–H groups in total. The molecule has 2 heterocycles. The third-order valence-corrected chi connectivity index (χ3v) is 8.73. The smallest absolute Gasteiger partial charge is 0.321 e. The van der Waals surface area contributed by atoms with Crippen molar-refractivity contribution in [2.24, 2.45) is 11.8 Å². The van der Waals surface area contributed by atoms with E-state index in [0.29, 0.717) is 31.6 Å². The fraction of sp³-hybridized carbons (Fsp3) is 0.406. The van der Waals surface area contributed by atoms with Gasteiger partial charge in [0.1, 0.15) is 5.82 Å². The van der Waals surface area contributed by atoms with E-state index < -0.39 is 47.4 Å². The molecule has 0 aromatic heterocycles. The van der Waals surface area contributed by atoms with Crippen molar-refractivity contribution >= 4 is 6.03 Å². The summed E-state index contributed by atoms with van der Waals surface area (Å²) >= 11 is 0. The first-order chi connectivity index (χ1) is 20.2. The maximum absolute atomic E-state index is 14.0. The molecule has 0 radical (unpaired) electrons. The Labute approximate surface area is 245 Å². The number of carbonyl (C=O) groups excluding carboxylic acids is 1. The summed E-state index contributed by atoms with van der Waals surface area (Å²) in [7, 11) is 1.38. The first kappa shape index (κ1) is 30.8. The molecular weight excluding hydrogens is 575 g/mol. The van der Waals surface area contributed by atoms with Crippen LogP contribution in [0, 0.1) is 17.7 Å². The van der Waals surface area contributed by atoms with Crippen LogP contribution in [0.2, 0.25) is 0 Å². The highest BCUT2D eigenvalue weighted by Crippen LogP contribution is 2.45. The van der Waals surface area contributed by atoms with Gasteiger partial charge in [0.05, 0.1) is 23.2 Å². The molecule has 3 aromatic rings. The Morgan fingerprint density at radius 3 is 2.09 bits per heavy atom. The Balaban J connectivity index is 1.44. The van der Waals surface area contributed by atoms with Crippen molar-refractivity contribution in [3.05, 3.63) is 106 Å². The summed E-state index contributed by atoms with van der Waals surface area (Å²) in [6.07, 6.45) is -9.31. The van der Waals surface area contributed by atoms with Crippen LogP contribution >= 0.6 is 0 Å². The number of carbonyl (C=O) groups is 1. The SMILES string of the molecule is CC(c1cc(C(F)(F)F)cc(C(F)(F)F)c1)N(C)C(=O)N1CCC2CN(Cc3ccccc3)CC2[C@@H]1c1ccc(F)cc1. The van der Waals surface area contributed by atoms with Crippen molar-refractivity contribution < 1.29 is 35.5 Å². The topological polar surface area (TPSA) is 26.8 Å². The molecule has 0 aliphatic carbocycles. The van der Waals surface area contributed by atoms with Crippen molar-refractivity contribution in [1.29, 1.82) is 0 Å². The average molecular weight is 608 g/mol. The molecule has 43 heavy (non-hydrogen) atoms. The Bertz CT molecular complexity index is 1390. The van der Waals surface area contributed by atoms with Gasteiger partial charge in [-0.3, -0.25) is 4.90 Å². The summed E-state index contributed by atoms with van der Waals surface area (Å²) < 4.78 is 95.0. The van der Waals surface area contributed by atoms with Crippen molar-refractivity contribution in [2.45, 2.75) is 44.3 Å². The van der Waals surface area contributed by atoms with E-state index in [4.69, 9.17) is 0 Å². The summed E-state index contributed by atoms with van der Waals surface area (Å²) in [5.41, 5.74) is -1.26. The van der Waals surface area contributed by atoms with Crippen LogP contribution in [-0.2, 0) is 18.9 Å². The van der Waals surface area contributed by atoms with Gasteiger partial charge >= 0.3 is 18.4 Å². The van der Waals surface area contributed by atoms with Crippen molar-refractivity contribution in [3.63, 3.8) is 0 Å². The van der Waals surface area contributed by atoms with Gasteiger partial charge < -0.3 is 9.80 Å². The van der Waals surface area contributed by atoms with Gasteiger partial charge in [-0.25, -0.2) is 9.18 Å². The fourth-order valence-corrected chi connectivity index (χ4v) is 6.41. The first-order valence-corrected chi connectivity index (χ1v) is 14.1. The molecule has 2 aliphatic heterocycles. The Morgan fingerprint density at radius 2 is 1.51 bits per heavy atom. The third-order valence-electron chi connectivity index (χ3n) is 8.73. The van der Waals surface area contributed by atoms with Gasteiger partial charge in [-0.15, -0.1) is 0 Å². The van der Waals surface area contributed by atoms with E-state index in [2.05, 4.69) is 4.90 Å². The van der Waals surface area contributed by atoms with Gasteiger partial charge in [0.25, 0.3) is 0 Å². The number of fused-ring (bicyclic) bond motifs is 1. The number of hydrogen-bond donors (Lipinski definition) is 0. The Morgan fingerprint density at radius 1 is 0.907 bits per heavy atom. The number of likely N-dealkylation sites (tertiary alicyclic amines) is 2. The quantitative estimate of drug-likeness (QED) is 0.274. The summed E-state index contributed by atoms with van der Waals surface area (Å²) in [5, 5.41) is 0. The Hall–Kier alpha value is -3.60. The molecule has 2 amide bonds. The predicted octanol–water partition coefficient (Wildman–Crippen LogP) is 8.17. The number of halogens is 7. The van der Waals surface area contributed by atoms with E-state index in [0.717, 1.165) is 24.2 Å². The minimum atomic E-state index is -5.00. The molecule has 2 saturated heterocycles. The molecule has 0 bridgehead atoms. The summed E-state index contributed by atoms with van der Waals surface area (Å²) in [4.78, 5) is 19.1. The second kappa shape index (κ2) is 11.8. The van der Waals surface area contributed by atoms with Crippen LogP contribution in [0.4, 0.5) is 35.5 Å². The molecule has 3 aromatic carbocycles. The zero-order valence-electron chi connectivity index (χ0n) is 23.7. The van der Waals surface area contributed by atoms with Crippen LogP contribution < -0.4 is 0 Å². The fourth-order valence-electron chi connectivity index (χ4n) is 6.41. The number of alkyl halides is 6. The van der Waals surface area contributed by atoms with E-state index in [-0.39, 0.29) is 23.5 Å². The summed E-state index contributed by atoms with van der Waals surface area (Å²) in [6.45, 7) is 3.97. The highest BCUT2D eigenvalue weighted by molar-refractivity contribution is 5.75. The summed E-state index contributed by atoms with van der Waals surface area (Å²) in [5.74, 6) is -0.175. The molecule has 230 valence electrons. The van der Waals surface area contributed by atoms with Crippen molar-refractivity contribution in [3.8, 4) is 0 Å². The highest BCUT2D eigenvalue weighted by atomic mass is 19.4. The van der Waals surface area contributed by atoms with Crippen molar-refractivity contribution in [2.75, 3.05) is 26.7 Å². The van der Waals surface area contributed by atoms with Crippen LogP contribution in [0.25, 0.3) is 0 Å². The number of piperidine rings is 1. The summed E-state index contributed by atoms with van der Waals surface area (Å²) in [6, 6.07) is 15.2. The predicted molar refractivity (Wildman–Crippen MR) is 147 cm³/mol. The second-order valence-corrected chi connectivity index (χ2v) is 11.5. The number of hydrogen-bond acceptors (Lipinski definition) is 2. The number of benzene rings is 3. The minimum Gasteiger partial charge on any atom is -0.321 e. The van der Waals surface area contributed by atoms with Crippen LogP contribution in [0.1, 0.15) is 53.2 Å². The minimum absolute atomic E-state index is 0.000897. The van der Waals surface area contributed by atoms with Crippen molar-refractivity contribution in [1.82, 2.24) is 14.7 Å². The standard InChI is InChI=1S/C32H32F7N3O/c1-20(24-14-25(31(34,35)36)16-26(15-24)32(37,38)39)40(2)30(43)42-13-12-23-18-41(17-21-6-4-3-5-7-21)19-28(23)29(42)22-8-10-27(33)11-9-22/h3-11,14-16,20,23,28-29H,12-13,17-19H2,1-2H3/t20?,23?,28?,29-/m0/s1. The van der Waals surface area contributed by atoms with Crippen LogP contribution in [0.15, 0.2) is 72.8 Å². The first-order valence-electron chi connectivity index (χ1n) is 14.1. The van der Waals surface area contributed by atoms with Crippen LogP contribution in [-0.4, -0.2) is 47.4 Å². The molecule has 2 aliphatic rings. The lowest BCUT2D eigenvalue weighted by atomic mass is 9.79. The zero-order chi connectivity index (χ0) is 31.1. The highest BCUT2D eigenvalue weighted by Gasteiger charge is 2.47. The number of rotatable bonds is 5. The Kier molecular flexibility index (Phi) is 8.48. The van der Waals surface area contributed by atoms with E-state index in [1.54, 1.807) is 17.0 Å². The maximum atomic E-state index is 14.0. The van der Waals surface area contributed by atoms with E-state index in [1.165, 1.54) is 31.0 Å². The maximum Gasteiger partial charge on any atom is 0.416 e. The molecule has 11 heteroatoms. The normalized spacial score (nSPS) is 21.9. The van der Waals surface area contributed by atoms with Crippen LogP contribution in [0.3, 0.4) is 0 Å². The van der Waals surface area contributed by atoms with E-state index >= 15 is 0 Å². The lowest BCUT2D eigenvalue weighted by Crippen LogP contribution is -2.50. The van der Waals surface area contributed by atoms with Gasteiger partial charge in [-0.1, -0.05) is 42.5 Å². The van der Waals surface area contributed by atoms with Gasteiger partial charge in [-0.05, 0) is 66.3 Å². The van der Waals surface area contributed by atoms with Crippen LogP contribution in [0.5, 0.6) is 0 Å². The molecular formula is C32H32F7N3O. The molecule has 0 saturated carbocycles. The molecule has 0 spiro atoms. The number of amides is 2. The average Bonchev–Trinajstić information content (AvgIpc) is 3.38. The molecule has 3 unspecified atom stereocenters. The molecule has 4 nitrogen and oxygen atoms in total. The number of nitrogens with zero attached hydrogens (tertiary/aromatic N) is 3. The number of urea groups is 1. The largest absolute Gasteiger partial charge is 0.416 e. The molecule has 4 atom stereocenters. The lowest BCUT2D eigenvalue weighted by Gasteiger charge is -2.45. The second-order valence-electron chi connectivity index (χ2n) is 11.5. The zero-order valence-corrected chi connectivity index (χ0v) is 23.7. The molecule has 5 rings (SSSR count). The third kappa shape index (κ3) is 6.66. The van der Waals surface area contributed by atoms with E-state index in [1.807, 2.05) is 30.3 Å². The monoisotopic (exact) mass is 607 g/mol. The molecule has 2 fully saturated rings. The van der Waals surface area contributed by atoms with Gasteiger partial charge in [0.2, 0.25) is 0 Å². The van der Waals surface area contributed by atoms with Gasteiger partial charge in [0, 0.05) is 39.1 Å². The van der Waals surface area contributed by atoms with Gasteiger partial charge in [-0.2, -0.15) is 26.3 Å².